The van der Waals surface area contributed by atoms with Crippen molar-refractivity contribution in [3.63, 3.8) is 0 Å². The second-order valence-electron chi connectivity index (χ2n) is 9.85. The Hall–Kier alpha value is -3.03. The van der Waals surface area contributed by atoms with Gasteiger partial charge in [-0.05, 0) is 6.92 Å². The van der Waals surface area contributed by atoms with E-state index in [2.05, 4.69) is 29.9 Å². The summed E-state index contributed by atoms with van der Waals surface area (Å²) in [6, 6.07) is 0. The van der Waals surface area contributed by atoms with Gasteiger partial charge in [-0.2, -0.15) is 0 Å². The molecule has 0 aromatic carbocycles. The summed E-state index contributed by atoms with van der Waals surface area (Å²) in [6.45, 7) is 0.851. The topological polar surface area (TPSA) is 263 Å². The predicted molar refractivity (Wildman–Crippen MR) is 159 cm³/mol. The number of ether oxygens (including phenoxy) is 2. The number of H-pyrrole nitrogens is 1. The fourth-order valence-electron chi connectivity index (χ4n) is 5.21. The molecule has 20 nitrogen and oxygen atoms in total. The van der Waals surface area contributed by atoms with Crippen LogP contribution in [0.15, 0.2) is 23.8 Å². The number of rotatable bonds is 2. The number of anilines is 1. The summed E-state index contributed by atoms with van der Waals surface area (Å²) in [7, 11) is -9.84. The average molecular weight is 667 g/mol. The first-order valence-corrected chi connectivity index (χ1v) is 15.0. The molecule has 3 aliphatic heterocycles. The minimum Gasteiger partial charge on any atom is -0.387 e. The minimum absolute atomic E-state index is 0.0314. The quantitative estimate of drug-likeness (QED) is 0.124. The number of aliphatic hydroxyl groups excluding tert-OH is 2. The second-order valence-corrected chi connectivity index (χ2v) is 11.7. The van der Waals surface area contributed by atoms with Gasteiger partial charge in [-0.15, -0.1) is 0 Å². The van der Waals surface area contributed by atoms with Crippen LogP contribution in [0.4, 0.5) is 5.82 Å². The molecule has 4 aromatic heterocycles. The van der Waals surface area contributed by atoms with E-state index in [0.717, 1.165) is 0 Å². The third-order valence-corrected chi connectivity index (χ3v) is 8.76. The number of aromatic nitrogens is 8. The number of imidazole rings is 2. The van der Waals surface area contributed by atoms with Crippen LogP contribution >= 0.6 is 14.9 Å². The Balaban J connectivity index is 1.21. The van der Waals surface area contributed by atoms with Crippen LogP contribution in [0.25, 0.3) is 22.3 Å². The summed E-state index contributed by atoms with van der Waals surface area (Å²) in [4.78, 5) is 35.8. The lowest BCUT2D eigenvalue weighted by Crippen LogP contribution is -2.36. The zero-order valence-corrected chi connectivity index (χ0v) is 23.7. The third kappa shape index (κ3) is 5.44. The number of nitrogens with one attached hydrogen (secondary N) is 1. The van der Waals surface area contributed by atoms with Gasteiger partial charge in [-0.25, -0.2) is 24.9 Å². The van der Waals surface area contributed by atoms with Crippen molar-refractivity contribution in [1.82, 2.24) is 39.0 Å². The standard InChI is InChI=1S/C21H29B2N9O11P2/c1-7-29-18-11(19(35)30-7)28-6-32(18)21-15-12(33)8(40-21)2-38-44(22,36)42-14-9(3-39-45(23,37)43-15)41-20(13(14)34)31-5-27-10-16(24)25-4-26-17(10)31/h4-6,8-9,12-15,20-21,33-34H,2-3H2,1,22-23H3,(H2,24,25,26)(H,29,30,35)/q-2/t8-,9-,12+,13?,14+,15?,20-,21-,44?,45?/m1/s1. The molecule has 4 aromatic rings. The van der Waals surface area contributed by atoms with Gasteiger partial charge < -0.3 is 57.6 Å². The van der Waals surface area contributed by atoms with E-state index in [0.29, 0.717) is 11.3 Å². The number of nitrogens with zero attached hydrogens (tertiary/aromatic N) is 7. The minimum atomic E-state index is -3.76. The molecule has 0 spiro atoms. The van der Waals surface area contributed by atoms with E-state index < -0.39 is 84.7 Å². The normalized spacial score (nSPS) is 37.7. The number of hydrogen-bond acceptors (Lipinski definition) is 17. The maximum Gasteiger partial charge on any atom is 0.279 e. The van der Waals surface area contributed by atoms with Crippen LogP contribution in [0.1, 0.15) is 18.3 Å². The van der Waals surface area contributed by atoms with Gasteiger partial charge in [0.2, 0.25) is 0 Å². The van der Waals surface area contributed by atoms with Crippen LogP contribution in [0.5, 0.6) is 0 Å². The summed E-state index contributed by atoms with van der Waals surface area (Å²) < 4.78 is 66.1. The molecule has 3 aliphatic rings. The summed E-state index contributed by atoms with van der Waals surface area (Å²) in [5.41, 5.74) is 6.21. The first-order valence-electron chi connectivity index (χ1n) is 12.8. The van der Waals surface area contributed by atoms with Crippen molar-refractivity contribution >= 4 is 58.2 Å². The fourth-order valence-corrected chi connectivity index (χ4v) is 6.76. The lowest BCUT2D eigenvalue weighted by atomic mass is 10.1. The van der Waals surface area contributed by atoms with E-state index in [4.69, 9.17) is 33.3 Å². The molecule has 3 fully saturated rings. The predicted octanol–water partition coefficient (Wildman–Crippen LogP) is -2.87. The van der Waals surface area contributed by atoms with Gasteiger partial charge in [0.1, 0.15) is 69.2 Å². The summed E-state index contributed by atoms with van der Waals surface area (Å²) in [5, 5.41) is 22.6. The Kier molecular flexibility index (Phi) is 7.52. The monoisotopic (exact) mass is 667 g/mol. The third-order valence-electron chi connectivity index (χ3n) is 7.21. The van der Waals surface area contributed by atoms with Crippen molar-refractivity contribution in [1.29, 1.82) is 0 Å². The first kappa shape index (κ1) is 30.6. The Bertz CT molecular complexity index is 1940. The summed E-state index contributed by atoms with van der Waals surface area (Å²) >= 11 is 0. The van der Waals surface area contributed by atoms with Gasteiger partial charge in [0.05, 0.1) is 41.0 Å². The van der Waals surface area contributed by atoms with Crippen LogP contribution in [-0.2, 0) is 36.7 Å². The zero-order chi connectivity index (χ0) is 31.8. The zero-order valence-electron chi connectivity index (χ0n) is 21.9. The highest BCUT2D eigenvalue weighted by Gasteiger charge is 2.51. The number of hydrogen-bond donors (Lipinski definition) is 4. The number of nitrogen functional groups attached to an aromatic ring is 1. The van der Waals surface area contributed by atoms with Crippen molar-refractivity contribution in [3.05, 3.63) is 35.2 Å². The van der Waals surface area contributed by atoms with Gasteiger partial charge in [0.25, 0.3) is 5.56 Å². The molecule has 7 heterocycles. The van der Waals surface area contributed by atoms with Crippen LogP contribution in [0, 0.1) is 6.92 Å². The van der Waals surface area contributed by atoms with E-state index in [1.807, 2.05) is 0 Å². The van der Waals surface area contributed by atoms with Crippen molar-refractivity contribution < 1.29 is 46.9 Å². The smallest absolute Gasteiger partial charge is 0.279 e. The molecule has 4 unspecified atom stereocenters. The number of aryl methyl sites for hydroxylation is 1. The van der Waals surface area contributed by atoms with Gasteiger partial charge in [-0.1, -0.05) is 0 Å². The molecule has 0 saturated carbocycles. The Morgan fingerprint density at radius 1 is 0.889 bits per heavy atom. The summed E-state index contributed by atoms with van der Waals surface area (Å²) in [6.07, 6.45) is -5.75. The Morgan fingerprint density at radius 2 is 1.51 bits per heavy atom. The highest BCUT2D eigenvalue weighted by atomic mass is 31.2. The Morgan fingerprint density at radius 3 is 2.24 bits per heavy atom. The van der Waals surface area contributed by atoms with E-state index >= 15 is 0 Å². The maximum atomic E-state index is 13.8. The number of aliphatic hydroxyl groups is 2. The van der Waals surface area contributed by atoms with Crippen molar-refractivity contribution in [3.8, 4) is 0 Å². The lowest BCUT2D eigenvalue weighted by Gasteiger charge is -2.30. The second kappa shape index (κ2) is 11.0. The number of fused-ring (bicyclic) bond motifs is 5. The molecule has 0 aliphatic carbocycles. The maximum absolute atomic E-state index is 13.8. The van der Waals surface area contributed by atoms with Gasteiger partial charge in [0.15, 0.2) is 35.1 Å². The van der Waals surface area contributed by atoms with Crippen LogP contribution in [0.2, 0.25) is 0 Å². The van der Waals surface area contributed by atoms with Crippen molar-refractivity contribution in [2.24, 2.45) is 0 Å². The highest BCUT2D eigenvalue weighted by Crippen LogP contribution is 2.53. The lowest BCUT2D eigenvalue weighted by molar-refractivity contribution is -0.0578. The van der Waals surface area contributed by atoms with Crippen LogP contribution in [0.3, 0.4) is 0 Å². The van der Waals surface area contributed by atoms with Gasteiger partial charge in [-0.3, -0.25) is 13.9 Å². The molecular formula is C21H29B2N9O11P2-2. The molecule has 242 valence electrons. The molecular weight excluding hydrogens is 638 g/mol. The molecule has 24 heteroatoms. The van der Waals surface area contributed by atoms with Gasteiger partial charge >= 0.3 is 0 Å². The van der Waals surface area contributed by atoms with Crippen LogP contribution in [-0.4, -0.2) is 114 Å². The molecule has 5 N–H and O–H groups in total. The van der Waals surface area contributed by atoms with Crippen molar-refractivity contribution in [2.45, 2.75) is 56.0 Å². The molecule has 10 atom stereocenters. The molecule has 3 saturated heterocycles. The first-order chi connectivity index (χ1) is 21.3. The fraction of sp³-hybridized carbons (Fsp3) is 0.524. The van der Waals surface area contributed by atoms with Crippen LogP contribution < -0.4 is 11.3 Å². The van der Waals surface area contributed by atoms with E-state index in [1.54, 1.807) is 6.92 Å². The molecule has 45 heavy (non-hydrogen) atoms. The molecule has 7 rings (SSSR count). The van der Waals surface area contributed by atoms with E-state index in [9.17, 15) is 24.1 Å². The SMILES string of the molecule is [BH3-]P1(=O)OC[C@H]2O[C@@H](n3cnc4c(N)ncnc43)C(O)[C@H]2OP([BH3-])(=O)OC[C@H]2O[C@@H](n3cnc4c(=O)[nH]c(C)nc43)C(O1)[C@H]2O. The summed E-state index contributed by atoms with van der Waals surface area (Å²) in [5.74, 6) is 0.451. The number of nitrogens with two attached hydrogens (primary N) is 1. The largest absolute Gasteiger partial charge is 0.387 e. The Labute approximate surface area is 254 Å². The average Bonchev–Trinajstić information content (AvgIpc) is 3.72. The van der Waals surface area contributed by atoms with Crippen molar-refractivity contribution in [2.75, 3.05) is 18.9 Å². The van der Waals surface area contributed by atoms with Gasteiger partial charge in [0, 0.05) is 0 Å². The number of aromatic amines is 1. The highest BCUT2D eigenvalue weighted by molar-refractivity contribution is 7.79. The van der Waals surface area contributed by atoms with E-state index in [-0.39, 0.29) is 35.8 Å². The molecule has 0 radical (unpaired) electrons. The van der Waals surface area contributed by atoms with E-state index in [1.165, 1.54) is 28.1 Å². The molecule has 0 amide bonds. The molecule has 2 bridgehead atoms.